The van der Waals surface area contributed by atoms with Gasteiger partial charge < -0.3 is 5.11 Å². The van der Waals surface area contributed by atoms with Gasteiger partial charge in [-0.2, -0.15) is 0 Å². The van der Waals surface area contributed by atoms with E-state index in [2.05, 4.69) is 46.0 Å². The minimum atomic E-state index is 0.327. The predicted octanol–water partition coefficient (Wildman–Crippen LogP) is 2.18. The van der Waals surface area contributed by atoms with Crippen LogP contribution in [0.1, 0.15) is 11.1 Å². The van der Waals surface area contributed by atoms with E-state index in [1.165, 1.54) is 15.6 Å². The zero-order valence-corrected chi connectivity index (χ0v) is 10.5. The van der Waals surface area contributed by atoms with Crippen LogP contribution in [0.3, 0.4) is 0 Å². The molecular weight excluding hydrogens is 254 g/mol. The van der Waals surface area contributed by atoms with Gasteiger partial charge in [0.25, 0.3) is 0 Å². The van der Waals surface area contributed by atoms with E-state index in [0.29, 0.717) is 12.5 Å². The summed E-state index contributed by atoms with van der Waals surface area (Å²) in [7, 11) is 0. The molecule has 1 heterocycles. The van der Waals surface area contributed by atoms with E-state index in [1.807, 2.05) is 0 Å². The summed E-state index contributed by atoms with van der Waals surface area (Å²) in [6.07, 6.45) is 0. The first-order chi connectivity index (χ1) is 7.19. The number of nitrogens with zero attached hydrogens (tertiary/aromatic N) is 1. The summed E-state index contributed by atoms with van der Waals surface area (Å²) in [6.45, 7) is 5.48. The molecule has 2 rings (SSSR count). The Morgan fingerprint density at radius 2 is 2.20 bits per heavy atom. The Morgan fingerprint density at radius 1 is 1.47 bits per heavy atom. The third-order valence-electron chi connectivity index (χ3n) is 2.93. The number of likely N-dealkylation sites (tertiary alicyclic amines) is 1. The van der Waals surface area contributed by atoms with Gasteiger partial charge in [0.1, 0.15) is 0 Å². The van der Waals surface area contributed by atoms with E-state index < -0.39 is 0 Å². The van der Waals surface area contributed by atoms with Crippen molar-refractivity contribution in [3.63, 3.8) is 0 Å². The fourth-order valence-electron chi connectivity index (χ4n) is 1.91. The summed E-state index contributed by atoms with van der Waals surface area (Å²) in [4.78, 5) is 2.36. The Kier molecular flexibility index (Phi) is 3.44. The van der Waals surface area contributed by atoms with Crippen LogP contribution in [0, 0.1) is 12.8 Å². The maximum Gasteiger partial charge on any atom is 0.0483 e. The fraction of sp³-hybridized carbons (Fsp3) is 0.500. The first-order valence-electron chi connectivity index (χ1n) is 5.27. The molecule has 1 aromatic rings. The van der Waals surface area contributed by atoms with E-state index in [-0.39, 0.29) is 0 Å². The molecule has 0 saturated carbocycles. The zero-order valence-electron chi connectivity index (χ0n) is 8.91. The molecule has 1 N–H and O–H groups in total. The molecule has 1 aromatic carbocycles. The lowest BCUT2D eigenvalue weighted by atomic mass is 10.0. The van der Waals surface area contributed by atoms with Crippen LogP contribution in [-0.2, 0) is 6.54 Å². The second kappa shape index (κ2) is 4.64. The summed E-state index contributed by atoms with van der Waals surface area (Å²) in [6, 6.07) is 6.50. The normalized spacial score (nSPS) is 17.8. The van der Waals surface area contributed by atoms with Crippen LogP contribution in [0.2, 0.25) is 0 Å². The topological polar surface area (TPSA) is 23.5 Å². The molecule has 82 valence electrons. The smallest absolute Gasteiger partial charge is 0.0483 e. The average Bonchev–Trinajstić information content (AvgIpc) is 2.16. The number of benzene rings is 1. The molecule has 1 fully saturated rings. The van der Waals surface area contributed by atoms with Crippen LogP contribution in [0.5, 0.6) is 0 Å². The largest absolute Gasteiger partial charge is 0.396 e. The van der Waals surface area contributed by atoms with Gasteiger partial charge >= 0.3 is 0 Å². The molecule has 0 amide bonds. The van der Waals surface area contributed by atoms with E-state index >= 15 is 0 Å². The van der Waals surface area contributed by atoms with Crippen molar-refractivity contribution in [2.24, 2.45) is 5.92 Å². The van der Waals surface area contributed by atoms with E-state index in [0.717, 1.165) is 19.6 Å². The number of halogens is 1. The van der Waals surface area contributed by atoms with Crippen molar-refractivity contribution in [3.05, 3.63) is 33.8 Å². The summed E-state index contributed by atoms with van der Waals surface area (Å²) < 4.78 is 1.18. The van der Waals surface area contributed by atoms with E-state index in [9.17, 15) is 0 Å². The molecule has 0 aromatic heterocycles. The van der Waals surface area contributed by atoms with Crippen LogP contribution >= 0.6 is 15.9 Å². The van der Waals surface area contributed by atoms with Gasteiger partial charge in [0, 0.05) is 36.6 Å². The number of aliphatic hydroxyl groups excluding tert-OH is 1. The second-order valence-electron chi connectivity index (χ2n) is 4.33. The van der Waals surface area contributed by atoms with Crippen LogP contribution in [0.4, 0.5) is 0 Å². The van der Waals surface area contributed by atoms with Crippen molar-refractivity contribution in [2.45, 2.75) is 13.5 Å². The first-order valence-corrected chi connectivity index (χ1v) is 6.06. The van der Waals surface area contributed by atoms with Gasteiger partial charge in [0.15, 0.2) is 0 Å². The molecule has 0 aliphatic carbocycles. The first kappa shape index (κ1) is 11.1. The third kappa shape index (κ3) is 2.60. The highest BCUT2D eigenvalue weighted by Crippen LogP contribution is 2.22. The average molecular weight is 270 g/mol. The number of hydrogen-bond acceptors (Lipinski definition) is 2. The molecule has 2 nitrogen and oxygen atoms in total. The number of rotatable bonds is 3. The molecule has 1 aliphatic heterocycles. The SMILES string of the molecule is Cc1ccc(CN2CC(CO)C2)cc1Br. The second-order valence-corrected chi connectivity index (χ2v) is 5.18. The predicted molar refractivity (Wildman–Crippen MR) is 64.7 cm³/mol. The maximum atomic E-state index is 8.92. The number of hydrogen-bond donors (Lipinski definition) is 1. The Morgan fingerprint density at radius 3 is 2.80 bits per heavy atom. The van der Waals surface area contributed by atoms with Crippen molar-refractivity contribution in [1.29, 1.82) is 0 Å². The van der Waals surface area contributed by atoms with Gasteiger partial charge in [-0.15, -0.1) is 0 Å². The van der Waals surface area contributed by atoms with Gasteiger partial charge in [0.2, 0.25) is 0 Å². The molecule has 0 unspecified atom stereocenters. The van der Waals surface area contributed by atoms with Gasteiger partial charge in [0.05, 0.1) is 0 Å². The molecule has 0 atom stereocenters. The quantitative estimate of drug-likeness (QED) is 0.910. The van der Waals surface area contributed by atoms with Gasteiger partial charge in [-0.05, 0) is 24.1 Å². The molecule has 0 bridgehead atoms. The minimum absolute atomic E-state index is 0.327. The van der Waals surface area contributed by atoms with Gasteiger partial charge in [-0.3, -0.25) is 4.90 Å². The zero-order chi connectivity index (χ0) is 10.8. The summed E-state index contributed by atoms with van der Waals surface area (Å²) in [5.74, 6) is 0.499. The maximum absolute atomic E-state index is 8.92. The number of aryl methyl sites for hydroxylation is 1. The Hall–Kier alpha value is -0.380. The van der Waals surface area contributed by atoms with Crippen LogP contribution in [0.15, 0.2) is 22.7 Å². The lowest BCUT2D eigenvalue weighted by Gasteiger charge is -2.38. The minimum Gasteiger partial charge on any atom is -0.396 e. The van der Waals surface area contributed by atoms with Crippen LogP contribution in [-0.4, -0.2) is 29.7 Å². The lowest BCUT2D eigenvalue weighted by molar-refractivity contribution is 0.0479. The molecule has 3 heteroatoms. The summed E-state index contributed by atoms with van der Waals surface area (Å²) in [5.41, 5.74) is 2.61. The van der Waals surface area contributed by atoms with Crippen molar-refractivity contribution in [3.8, 4) is 0 Å². The highest BCUT2D eigenvalue weighted by atomic mass is 79.9. The molecule has 15 heavy (non-hydrogen) atoms. The molecule has 0 radical (unpaired) electrons. The monoisotopic (exact) mass is 269 g/mol. The van der Waals surface area contributed by atoms with Gasteiger partial charge in [-0.25, -0.2) is 0 Å². The highest BCUT2D eigenvalue weighted by Gasteiger charge is 2.25. The van der Waals surface area contributed by atoms with Crippen molar-refractivity contribution >= 4 is 15.9 Å². The Labute approximate surface area is 99.0 Å². The molecule has 0 spiro atoms. The van der Waals surface area contributed by atoms with Crippen LogP contribution < -0.4 is 0 Å². The summed E-state index contributed by atoms with van der Waals surface area (Å²) >= 11 is 3.54. The van der Waals surface area contributed by atoms with Crippen molar-refractivity contribution < 1.29 is 5.11 Å². The fourth-order valence-corrected chi connectivity index (χ4v) is 2.34. The molecule has 1 saturated heterocycles. The molecular formula is C12H16BrNO. The molecule has 1 aliphatic rings. The number of aliphatic hydroxyl groups is 1. The van der Waals surface area contributed by atoms with Crippen LogP contribution in [0.25, 0.3) is 0 Å². The lowest BCUT2D eigenvalue weighted by Crippen LogP contribution is -2.47. The Bertz CT molecular complexity index is 347. The van der Waals surface area contributed by atoms with Crippen molar-refractivity contribution in [1.82, 2.24) is 4.90 Å². The van der Waals surface area contributed by atoms with Gasteiger partial charge in [-0.1, -0.05) is 28.1 Å². The highest BCUT2D eigenvalue weighted by molar-refractivity contribution is 9.10. The summed E-state index contributed by atoms with van der Waals surface area (Å²) in [5, 5.41) is 8.92. The Balaban J connectivity index is 1.92. The third-order valence-corrected chi connectivity index (χ3v) is 3.79. The standard InChI is InChI=1S/C12H16BrNO/c1-9-2-3-10(4-12(9)13)5-14-6-11(7-14)8-15/h2-4,11,15H,5-8H2,1H3. The van der Waals surface area contributed by atoms with E-state index in [4.69, 9.17) is 5.11 Å². The van der Waals surface area contributed by atoms with Crippen molar-refractivity contribution in [2.75, 3.05) is 19.7 Å². The van der Waals surface area contributed by atoms with E-state index in [1.54, 1.807) is 0 Å².